The zero-order valence-electron chi connectivity index (χ0n) is 21.5. The van der Waals surface area contributed by atoms with Crippen molar-refractivity contribution in [3.05, 3.63) is 60.2 Å². The van der Waals surface area contributed by atoms with E-state index in [1.165, 1.54) is 29.3 Å². The topological polar surface area (TPSA) is 129 Å². The Hall–Kier alpha value is -4.51. The highest BCUT2D eigenvalue weighted by atomic mass is 19.1. The van der Waals surface area contributed by atoms with Gasteiger partial charge in [0.15, 0.2) is 0 Å². The number of carbonyl (C=O) groups excluding carboxylic acids is 2. The zero-order valence-corrected chi connectivity index (χ0v) is 21.5. The molecule has 210 valence electrons. The van der Waals surface area contributed by atoms with Gasteiger partial charge in [0, 0.05) is 55.8 Å². The number of benzene rings is 1. The van der Waals surface area contributed by atoms with E-state index in [1.807, 2.05) is 0 Å². The molecule has 1 aromatic carbocycles. The van der Waals surface area contributed by atoms with Crippen LogP contribution in [-0.4, -0.2) is 75.3 Å². The molecule has 0 spiro atoms. The van der Waals surface area contributed by atoms with Gasteiger partial charge in [-0.3, -0.25) is 14.7 Å². The molecule has 1 unspecified atom stereocenters. The third-order valence-corrected chi connectivity index (χ3v) is 8.60. The van der Waals surface area contributed by atoms with Crippen LogP contribution in [0.15, 0.2) is 42.9 Å². The number of halogens is 3. The smallest absolute Gasteiger partial charge is 0.416 e. The van der Waals surface area contributed by atoms with Crippen molar-refractivity contribution >= 4 is 17.7 Å². The lowest BCUT2D eigenvalue weighted by atomic mass is 9.95. The highest BCUT2D eigenvalue weighted by molar-refractivity contribution is 5.90. The van der Waals surface area contributed by atoms with Crippen LogP contribution in [0.1, 0.15) is 18.3 Å². The van der Waals surface area contributed by atoms with Gasteiger partial charge in [0.2, 0.25) is 12.1 Å². The largest absolute Gasteiger partial charge is 0.421 e. The Morgan fingerprint density at radius 3 is 2.51 bits per heavy atom. The monoisotopic (exact) mass is 564 g/mol. The van der Waals surface area contributed by atoms with E-state index < -0.39 is 41.6 Å². The van der Waals surface area contributed by atoms with Crippen molar-refractivity contribution in [1.29, 1.82) is 5.26 Å². The second kappa shape index (κ2) is 9.27. The van der Waals surface area contributed by atoms with Crippen LogP contribution in [-0.2, 0) is 14.9 Å². The van der Waals surface area contributed by atoms with Crippen molar-refractivity contribution in [2.45, 2.75) is 30.3 Å². The minimum atomic E-state index is -1.04. The number of amides is 2. The molecule has 2 aromatic heterocycles. The van der Waals surface area contributed by atoms with Crippen LogP contribution < -0.4 is 10.2 Å². The van der Waals surface area contributed by atoms with Gasteiger partial charge in [-0.1, -0.05) is 11.3 Å². The number of alkyl halides is 1. The predicted molar refractivity (Wildman–Crippen MR) is 135 cm³/mol. The van der Waals surface area contributed by atoms with E-state index >= 15 is 8.78 Å². The van der Waals surface area contributed by atoms with Crippen LogP contribution in [0.25, 0.3) is 11.1 Å². The molecule has 5 heterocycles. The van der Waals surface area contributed by atoms with Crippen LogP contribution in [0.4, 0.5) is 23.7 Å². The molecule has 14 heteroatoms. The number of cyclic esters (lactones) is 1. The molecule has 1 aliphatic carbocycles. The third kappa shape index (κ3) is 3.94. The first-order chi connectivity index (χ1) is 19.8. The number of piperidine rings is 1. The van der Waals surface area contributed by atoms with E-state index in [-0.39, 0.29) is 54.1 Å². The van der Waals surface area contributed by atoms with E-state index in [4.69, 9.17) is 4.74 Å². The molecule has 3 aliphatic heterocycles. The molecule has 7 rings (SSSR count). The van der Waals surface area contributed by atoms with E-state index in [2.05, 4.69) is 26.7 Å². The highest BCUT2D eigenvalue weighted by Crippen LogP contribution is 2.63. The lowest BCUT2D eigenvalue weighted by Gasteiger charge is -2.25. The fourth-order valence-corrected chi connectivity index (χ4v) is 6.46. The summed E-state index contributed by atoms with van der Waals surface area (Å²) < 4.78 is 50.5. The number of carbonyl (C=O) groups is 2. The number of hydrogen-bond acceptors (Lipinski definition) is 8. The Balaban J connectivity index is 1.07. The molecule has 4 aliphatic rings. The number of pyridine rings is 1. The van der Waals surface area contributed by atoms with Crippen molar-refractivity contribution in [1.82, 2.24) is 30.2 Å². The average Bonchev–Trinajstić information content (AvgIpc) is 3.62. The highest BCUT2D eigenvalue weighted by Gasteiger charge is 2.71. The van der Waals surface area contributed by atoms with Crippen LogP contribution in [0.3, 0.4) is 0 Å². The number of nitriles is 1. The molecule has 1 N–H and O–H groups in total. The molecular weight excluding hydrogens is 541 g/mol. The maximum absolute atomic E-state index is 15.2. The lowest BCUT2D eigenvalue weighted by Crippen LogP contribution is -2.44. The van der Waals surface area contributed by atoms with E-state index in [1.54, 1.807) is 11.0 Å². The number of nitrogens with one attached hydrogen (secondary N) is 1. The normalized spacial score (nSPS) is 30.3. The number of anilines is 1. The molecule has 1 saturated carbocycles. The number of nitrogens with zero attached hydrogens (tertiary/aromatic N) is 7. The molecule has 4 fully saturated rings. The molecule has 41 heavy (non-hydrogen) atoms. The van der Waals surface area contributed by atoms with Crippen LogP contribution in [0.5, 0.6) is 0 Å². The second-order valence-electron chi connectivity index (χ2n) is 10.8. The molecule has 2 amide bonds. The summed E-state index contributed by atoms with van der Waals surface area (Å²) in [6.07, 6.45) is 1.81. The third-order valence-electron chi connectivity index (χ3n) is 8.60. The Bertz CT molecular complexity index is 1540. The van der Waals surface area contributed by atoms with Gasteiger partial charge >= 0.3 is 6.09 Å². The summed E-state index contributed by atoms with van der Waals surface area (Å²) in [4.78, 5) is 32.3. The summed E-state index contributed by atoms with van der Waals surface area (Å²) in [7, 11) is 0. The number of likely N-dealkylation sites (tertiary alicyclic amines) is 1. The minimum Gasteiger partial charge on any atom is -0.421 e. The van der Waals surface area contributed by atoms with Gasteiger partial charge in [-0.25, -0.2) is 22.6 Å². The average molecular weight is 565 g/mol. The first-order valence-electron chi connectivity index (χ1n) is 13.2. The molecule has 3 saturated heterocycles. The standard InChI is InChI=1S/C27H23F3N8O3/c28-15-5-21(32-9-15)25(39)36-10-17-18(11-36)27(17,13-31)22-2-1-14(8-33-22)24-19(29)6-16(7-20(24)30)37-12-23(41-26(37)40)38-4-3-34-35-38/h1-4,6-8,15,17-18,21,23,32H,5,9-12H2/t15-,17-,18+,21-,23?,27+/m0/s1. The maximum Gasteiger partial charge on any atom is 0.416 e. The Labute approximate surface area is 231 Å². The van der Waals surface area contributed by atoms with E-state index in [0.717, 1.165) is 17.0 Å². The fraction of sp³-hybridized carbons (Fsp3) is 0.407. The summed E-state index contributed by atoms with van der Waals surface area (Å²) in [6.45, 7) is 0.897. The quantitative estimate of drug-likeness (QED) is 0.500. The van der Waals surface area contributed by atoms with Crippen LogP contribution >= 0.6 is 0 Å². The first-order valence-corrected chi connectivity index (χ1v) is 13.2. The van der Waals surface area contributed by atoms with Gasteiger partial charge in [-0.15, -0.1) is 5.10 Å². The van der Waals surface area contributed by atoms with Crippen LogP contribution in [0.2, 0.25) is 0 Å². The Morgan fingerprint density at radius 1 is 1.17 bits per heavy atom. The molecule has 6 atom stereocenters. The summed E-state index contributed by atoms with van der Waals surface area (Å²) in [5.74, 6) is -2.18. The van der Waals surface area contributed by atoms with E-state index in [9.17, 15) is 19.2 Å². The van der Waals surface area contributed by atoms with Gasteiger partial charge in [0.1, 0.15) is 23.2 Å². The summed E-state index contributed by atoms with van der Waals surface area (Å²) >= 11 is 0. The summed E-state index contributed by atoms with van der Waals surface area (Å²) in [5.41, 5.74) is -0.571. The van der Waals surface area contributed by atoms with Gasteiger partial charge in [0.25, 0.3) is 0 Å². The number of fused-ring (bicyclic) bond motifs is 1. The molecule has 11 nitrogen and oxygen atoms in total. The van der Waals surface area contributed by atoms with Crippen molar-refractivity contribution in [3.63, 3.8) is 0 Å². The summed E-state index contributed by atoms with van der Waals surface area (Å²) in [6, 6.07) is 7.01. The van der Waals surface area contributed by atoms with E-state index in [0.29, 0.717) is 18.8 Å². The molecule has 0 radical (unpaired) electrons. The zero-order chi connectivity index (χ0) is 28.5. The van der Waals surface area contributed by atoms with Gasteiger partial charge in [0.05, 0.1) is 41.8 Å². The van der Waals surface area contributed by atoms with Crippen molar-refractivity contribution in [2.24, 2.45) is 11.8 Å². The van der Waals surface area contributed by atoms with Gasteiger partial charge in [-0.05, 0) is 18.2 Å². The Kier molecular flexibility index (Phi) is 5.75. The second-order valence-corrected chi connectivity index (χ2v) is 10.8. The number of aromatic nitrogens is 4. The number of hydrogen-bond donors (Lipinski definition) is 1. The molecule has 0 bridgehead atoms. The maximum atomic E-state index is 15.2. The minimum absolute atomic E-state index is 0.00812. The number of ether oxygens (including phenoxy) is 1. The molecule has 3 aromatic rings. The SMILES string of the molecule is N#C[C@]1(c2ccc(-c3c(F)cc(N4CC(n5ccnn5)OC4=O)cc3F)cn2)[C@@H]2CN(C(=O)[C@@H]3C[C@H](F)CN3)C[C@@H]21. The van der Waals surface area contributed by atoms with Crippen molar-refractivity contribution < 1.29 is 27.5 Å². The van der Waals surface area contributed by atoms with Gasteiger partial charge in [-0.2, -0.15) is 5.26 Å². The van der Waals surface area contributed by atoms with Gasteiger partial charge < -0.3 is 15.0 Å². The van der Waals surface area contributed by atoms with Crippen molar-refractivity contribution in [2.75, 3.05) is 31.1 Å². The molecular formula is C27H23F3N8O3. The van der Waals surface area contributed by atoms with Crippen molar-refractivity contribution in [3.8, 4) is 17.2 Å². The lowest BCUT2D eigenvalue weighted by molar-refractivity contribution is -0.132. The summed E-state index contributed by atoms with van der Waals surface area (Å²) in [5, 5.41) is 20.4. The van der Waals surface area contributed by atoms with Crippen LogP contribution in [0, 0.1) is 34.8 Å². The predicted octanol–water partition coefficient (Wildman–Crippen LogP) is 2.32. The Morgan fingerprint density at radius 2 is 1.93 bits per heavy atom. The number of rotatable bonds is 5. The first kappa shape index (κ1) is 25.5. The fourth-order valence-electron chi connectivity index (χ4n) is 6.46.